The van der Waals surface area contributed by atoms with Crippen LogP contribution in [0.3, 0.4) is 0 Å². The van der Waals surface area contributed by atoms with Crippen molar-refractivity contribution in [1.29, 1.82) is 0 Å². The molecule has 0 N–H and O–H groups in total. The Balaban J connectivity index is 0.00000171. The van der Waals surface area contributed by atoms with Gasteiger partial charge in [0.1, 0.15) is 6.15 Å². The van der Waals surface area contributed by atoms with Crippen molar-refractivity contribution >= 4 is 74.4 Å². The van der Waals surface area contributed by atoms with Crippen molar-refractivity contribution < 1.29 is 44.8 Å². The van der Waals surface area contributed by atoms with Gasteiger partial charge in [-0.15, -0.1) is 0 Å². The molecule has 0 aromatic heterocycles. The predicted molar refractivity (Wildman–Crippen MR) is 130 cm³/mol. The summed E-state index contributed by atoms with van der Waals surface area (Å²) in [6.45, 7) is 0. The van der Waals surface area contributed by atoms with Crippen LogP contribution in [-0.4, -0.2) is 6.15 Å². The largest absolute Gasteiger partial charge is 1.00 e. The average Bonchev–Trinajstić information content (AvgIpc) is 2.73. The van der Waals surface area contributed by atoms with Crippen LogP contribution in [0.1, 0.15) is 0 Å². The molecule has 0 saturated carbocycles. The second-order valence-corrected chi connectivity index (χ2v) is 8.82. The maximum atomic E-state index is 6.22. The van der Waals surface area contributed by atoms with E-state index in [2.05, 4.69) is 48.5 Å². The fourth-order valence-electron chi connectivity index (χ4n) is 4.16. The van der Waals surface area contributed by atoms with E-state index in [1.54, 1.807) is 0 Å². The average molecular weight is 673 g/mol. The van der Waals surface area contributed by atoms with Crippen LogP contribution in [0.25, 0.3) is 0 Å². The van der Waals surface area contributed by atoms with E-state index in [0.717, 1.165) is 21.9 Å². The molecule has 0 heterocycles. The van der Waals surface area contributed by atoms with Gasteiger partial charge in [-0.3, -0.25) is 0 Å². The number of hydrogen-bond acceptors (Lipinski definition) is 0. The first-order chi connectivity index (χ1) is 14.0. The van der Waals surface area contributed by atoms with Crippen molar-refractivity contribution in [2.24, 2.45) is 0 Å². The van der Waals surface area contributed by atoms with E-state index in [4.69, 9.17) is 46.4 Å². The molecule has 4 rings (SSSR count). The number of benzene rings is 4. The van der Waals surface area contributed by atoms with Crippen LogP contribution in [0.5, 0.6) is 0 Å². The first kappa shape index (κ1) is 26.8. The van der Waals surface area contributed by atoms with Gasteiger partial charge < -0.3 is 0 Å². The first-order valence-electron chi connectivity index (χ1n) is 9.20. The van der Waals surface area contributed by atoms with Crippen LogP contribution in [-0.2, 0) is 44.8 Å². The van der Waals surface area contributed by atoms with Gasteiger partial charge >= 0.3 is 22.4 Å². The predicted octanol–water partition coefficient (Wildman–Crippen LogP) is 5.67. The van der Waals surface area contributed by atoms with Crippen LogP contribution in [0, 0.1) is 0 Å². The smallest absolute Gasteiger partial charge is 0.195 e. The van der Waals surface area contributed by atoms with E-state index < -0.39 is 6.15 Å². The van der Waals surface area contributed by atoms with Crippen molar-refractivity contribution in [3.8, 4) is 0 Å². The molecule has 7 heteroatoms. The third-order valence-electron chi connectivity index (χ3n) is 5.48. The van der Waals surface area contributed by atoms with E-state index in [1.165, 1.54) is 0 Å². The minimum absolute atomic E-state index is 0. The molecule has 1 radical (unpaired) electrons. The summed E-state index contributed by atoms with van der Waals surface area (Å²) in [5.74, 6) is 0. The zero-order valence-electron chi connectivity index (χ0n) is 15.9. The Morgan fingerprint density at radius 1 is 0.355 bits per heavy atom. The molecular formula is C24H16Ag2BCl4. The van der Waals surface area contributed by atoms with Crippen molar-refractivity contribution in [3.05, 3.63) is 117 Å². The summed E-state index contributed by atoms with van der Waals surface area (Å²) in [5.41, 5.74) is 4.56. The summed E-state index contributed by atoms with van der Waals surface area (Å²) in [4.78, 5) is 0. The summed E-state index contributed by atoms with van der Waals surface area (Å²) in [6, 6.07) is 32.1. The standard InChI is InChI=1S/C24H16BCl4.2Ag/c26-21-9-1-17(2-10-21)25(18-3-11-22(27)12-4-18,19-5-13-23(28)14-6-19)20-7-15-24(29)16-8-20;;/h1-16H;;/q-1;;+1. The minimum Gasteiger partial charge on any atom is -0.195 e. The number of halogens is 4. The SMILES string of the molecule is Clc1ccc([B-](c2ccc(Cl)cc2)(c2ccc(Cl)cc2)c2ccc(Cl)cc2)cc1.[Ag+].[Ag]. The summed E-state index contributed by atoms with van der Waals surface area (Å²) < 4.78 is 0. The molecular weight excluding hydrogens is 657 g/mol. The zero-order valence-corrected chi connectivity index (χ0v) is 21.9. The first-order valence-corrected chi connectivity index (χ1v) is 10.7. The van der Waals surface area contributed by atoms with Crippen LogP contribution >= 0.6 is 46.4 Å². The molecule has 0 aliphatic rings. The molecule has 0 aliphatic heterocycles. The van der Waals surface area contributed by atoms with Crippen LogP contribution < -0.4 is 21.9 Å². The Kier molecular flexibility index (Phi) is 10.1. The zero-order chi connectivity index (χ0) is 20.4. The normalized spacial score (nSPS) is 10.7. The number of hydrogen-bond donors (Lipinski definition) is 0. The van der Waals surface area contributed by atoms with Crippen LogP contribution in [0.15, 0.2) is 97.1 Å². The fraction of sp³-hybridized carbons (Fsp3) is 0. The fourth-order valence-corrected chi connectivity index (χ4v) is 4.66. The van der Waals surface area contributed by atoms with E-state index in [-0.39, 0.29) is 44.8 Å². The molecule has 0 aliphatic carbocycles. The monoisotopic (exact) mass is 669 g/mol. The van der Waals surface area contributed by atoms with Gasteiger partial charge in [-0.1, -0.05) is 94.9 Å². The molecule has 4 aromatic carbocycles. The van der Waals surface area contributed by atoms with E-state index >= 15 is 0 Å². The van der Waals surface area contributed by atoms with Gasteiger partial charge in [-0.25, -0.2) is 0 Å². The molecule has 31 heavy (non-hydrogen) atoms. The molecule has 0 nitrogen and oxygen atoms in total. The molecule has 0 fully saturated rings. The van der Waals surface area contributed by atoms with Gasteiger partial charge in [0.05, 0.1) is 0 Å². The van der Waals surface area contributed by atoms with Gasteiger partial charge in [0.25, 0.3) is 0 Å². The topological polar surface area (TPSA) is 0 Å². The Morgan fingerprint density at radius 2 is 0.516 bits per heavy atom. The molecule has 0 bridgehead atoms. The third-order valence-corrected chi connectivity index (χ3v) is 6.49. The van der Waals surface area contributed by atoms with Crippen molar-refractivity contribution in [2.75, 3.05) is 0 Å². The van der Waals surface area contributed by atoms with Crippen molar-refractivity contribution in [3.63, 3.8) is 0 Å². The number of rotatable bonds is 4. The summed E-state index contributed by atoms with van der Waals surface area (Å²) in [6.07, 6.45) is -1.51. The van der Waals surface area contributed by atoms with Crippen LogP contribution in [0.2, 0.25) is 20.1 Å². The molecule has 4 aromatic rings. The molecule has 0 spiro atoms. The Labute approximate surface area is 234 Å². The molecule has 0 saturated heterocycles. The van der Waals surface area contributed by atoms with Crippen molar-refractivity contribution in [1.82, 2.24) is 0 Å². The minimum atomic E-state index is -1.51. The maximum Gasteiger partial charge on any atom is 1.00 e. The Hall–Kier alpha value is -0.415. The van der Waals surface area contributed by atoms with Gasteiger partial charge in [0, 0.05) is 42.5 Å². The molecule has 0 amide bonds. The van der Waals surface area contributed by atoms with E-state index in [9.17, 15) is 0 Å². The maximum absolute atomic E-state index is 6.22. The third kappa shape index (κ3) is 5.57. The molecule has 0 atom stereocenters. The van der Waals surface area contributed by atoms with E-state index in [1.807, 2.05) is 48.5 Å². The summed E-state index contributed by atoms with van der Waals surface area (Å²) >= 11 is 24.9. The summed E-state index contributed by atoms with van der Waals surface area (Å²) in [7, 11) is 0. The quantitative estimate of drug-likeness (QED) is 0.245. The van der Waals surface area contributed by atoms with Gasteiger partial charge in [-0.2, -0.15) is 21.9 Å². The Bertz CT molecular complexity index is 927. The van der Waals surface area contributed by atoms with Crippen molar-refractivity contribution in [2.45, 2.75) is 0 Å². The second kappa shape index (κ2) is 11.6. The van der Waals surface area contributed by atoms with Gasteiger partial charge in [0.2, 0.25) is 0 Å². The van der Waals surface area contributed by atoms with Crippen LogP contribution in [0.4, 0.5) is 0 Å². The summed E-state index contributed by atoms with van der Waals surface area (Å²) in [5, 5.41) is 2.78. The molecule has 0 unspecified atom stereocenters. The van der Waals surface area contributed by atoms with E-state index in [0.29, 0.717) is 20.1 Å². The second-order valence-electron chi connectivity index (χ2n) is 7.07. The van der Waals surface area contributed by atoms with Gasteiger partial charge in [0.15, 0.2) is 0 Å². The van der Waals surface area contributed by atoms with Gasteiger partial charge in [-0.05, 0) is 48.5 Å². The molecule has 165 valence electrons. The Morgan fingerprint density at radius 3 is 0.677 bits per heavy atom.